The number of methoxy groups -OCH3 is 2. The van der Waals surface area contributed by atoms with Crippen molar-refractivity contribution in [3.63, 3.8) is 0 Å². The summed E-state index contributed by atoms with van der Waals surface area (Å²) in [7, 11) is 3.04. The Kier molecular flexibility index (Phi) is 7.34. The molecule has 206 valence electrons. The van der Waals surface area contributed by atoms with Crippen molar-refractivity contribution in [1.29, 1.82) is 0 Å². The molecule has 0 radical (unpaired) electrons. The number of phenolic OH excluding ortho intramolecular Hbond substituents is 3. The Morgan fingerprint density at radius 1 is 0.585 bits per heavy atom. The molecule has 3 N–H and O–H groups in total. The lowest BCUT2D eigenvalue weighted by molar-refractivity contribution is 0.373. The van der Waals surface area contributed by atoms with Gasteiger partial charge >= 0.3 is 0 Å². The fourth-order valence-corrected chi connectivity index (χ4v) is 4.26. The SMILES string of the molecule is COc1ccc(-c2coc3cc(O)ccc3c2=O)cc1.COc1ccc(-c2coc3cc(O)ccc3c2=O)cc1O. The Hall–Kier alpha value is -5.70. The minimum Gasteiger partial charge on any atom is -0.508 e. The van der Waals surface area contributed by atoms with Crippen LogP contribution in [0.3, 0.4) is 0 Å². The van der Waals surface area contributed by atoms with E-state index in [0.29, 0.717) is 44.4 Å². The van der Waals surface area contributed by atoms with Crippen molar-refractivity contribution >= 4 is 21.9 Å². The van der Waals surface area contributed by atoms with Gasteiger partial charge in [-0.25, -0.2) is 0 Å². The molecule has 0 spiro atoms. The predicted octanol–water partition coefficient (Wildman–Crippen LogP) is 6.05. The number of ether oxygens (including phenoxy) is 2. The maximum absolute atomic E-state index is 12.5. The van der Waals surface area contributed by atoms with Gasteiger partial charge in [-0.3, -0.25) is 9.59 Å². The van der Waals surface area contributed by atoms with Gasteiger partial charge in [-0.15, -0.1) is 0 Å². The molecule has 9 nitrogen and oxygen atoms in total. The third-order valence-corrected chi connectivity index (χ3v) is 6.41. The highest BCUT2D eigenvalue weighted by atomic mass is 16.5. The average molecular weight is 553 g/mol. The molecule has 4 aromatic carbocycles. The van der Waals surface area contributed by atoms with Gasteiger partial charge in [-0.1, -0.05) is 18.2 Å². The Morgan fingerprint density at radius 3 is 1.59 bits per heavy atom. The molecule has 0 fully saturated rings. The number of phenols is 3. The van der Waals surface area contributed by atoms with Crippen molar-refractivity contribution in [3.8, 4) is 51.0 Å². The highest BCUT2D eigenvalue weighted by molar-refractivity contribution is 5.83. The van der Waals surface area contributed by atoms with E-state index in [0.717, 1.165) is 11.3 Å². The minimum atomic E-state index is -0.235. The summed E-state index contributed by atoms with van der Waals surface area (Å²) in [5.74, 6) is 1.09. The van der Waals surface area contributed by atoms with Crippen LogP contribution < -0.4 is 20.3 Å². The molecule has 41 heavy (non-hydrogen) atoms. The van der Waals surface area contributed by atoms with E-state index in [4.69, 9.17) is 18.3 Å². The molecule has 0 amide bonds. The molecule has 2 heterocycles. The molecule has 6 aromatic rings. The quantitative estimate of drug-likeness (QED) is 0.238. The Balaban J connectivity index is 0.000000165. The van der Waals surface area contributed by atoms with Crippen molar-refractivity contribution in [1.82, 2.24) is 0 Å². The van der Waals surface area contributed by atoms with Crippen molar-refractivity contribution in [2.24, 2.45) is 0 Å². The van der Waals surface area contributed by atoms with Gasteiger partial charge in [0.15, 0.2) is 22.4 Å². The Labute approximate surface area is 232 Å². The Morgan fingerprint density at radius 2 is 1.10 bits per heavy atom. The van der Waals surface area contributed by atoms with E-state index in [2.05, 4.69) is 0 Å². The molecule has 0 aliphatic carbocycles. The fourth-order valence-electron chi connectivity index (χ4n) is 4.26. The molecule has 2 aromatic heterocycles. The van der Waals surface area contributed by atoms with E-state index in [1.165, 1.54) is 56.0 Å². The van der Waals surface area contributed by atoms with Crippen LogP contribution in [0.15, 0.2) is 110 Å². The normalized spacial score (nSPS) is 10.7. The lowest BCUT2D eigenvalue weighted by Crippen LogP contribution is -2.04. The largest absolute Gasteiger partial charge is 0.508 e. The molecule has 0 atom stereocenters. The molecular formula is C32H24O9. The number of benzene rings is 4. The number of hydrogen-bond donors (Lipinski definition) is 3. The van der Waals surface area contributed by atoms with Gasteiger partial charge in [-0.05, 0) is 59.7 Å². The first-order valence-corrected chi connectivity index (χ1v) is 12.3. The first-order valence-electron chi connectivity index (χ1n) is 12.3. The minimum absolute atomic E-state index is 0.0282. The summed E-state index contributed by atoms with van der Waals surface area (Å²) in [6, 6.07) is 20.6. The third-order valence-electron chi connectivity index (χ3n) is 6.41. The van der Waals surface area contributed by atoms with Gasteiger partial charge in [0.1, 0.15) is 40.9 Å². The van der Waals surface area contributed by atoms with Gasteiger partial charge in [0.05, 0.1) is 36.1 Å². The summed E-state index contributed by atoms with van der Waals surface area (Å²) in [6.45, 7) is 0. The van der Waals surface area contributed by atoms with Crippen LogP contribution >= 0.6 is 0 Å². The molecule has 0 bridgehead atoms. The monoisotopic (exact) mass is 552 g/mol. The first kappa shape index (κ1) is 26.9. The lowest BCUT2D eigenvalue weighted by Gasteiger charge is -2.06. The summed E-state index contributed by atoms with van der Waals surface area (Å²) in [4.78, 5) is 24.9. The second-order valence-corrected chi connectivity index (χ2v) is 8.93. The maximum Gasteiger partial charge on any atom is 0.200 e. The van der Waals surface area contributed by atoms with Gasteiger partial charge < -0.3 is 33.6 Å². The number of aromatic hydroxyl groups is 3. The van der Waals surface area contributed by atoms with Crippen LogP contribution in [-0.2, 0) is 0 Å². The van der Waals surface area contributed by atoms with Crippen molar-refractivity contribution in [3.05, 3.63) is 112 Å². The third kappa shape index (κ3) is 5.41. The molecule has 0 aliphatic heterocycles. The predicted molar refractivity (Wildman–Crippen MR) is 154 cm³/mol. The molecular weight excluding hydrogens is 528 g/mol. The smallest absolute Gasteiger partial charge is 0.200 e. The molecule has 0 saturated heterocycles. The Bertz CT molecular complexity index is 1990. The van der Waals surface area contributed by atoms with Crippen LogP contribution in [0.1, 0.15) is 0 Å². The second-order valence-electron chi connectivity index (χ2n) is 8.93. The molecule has 0 saturated carbocycles. The van der Waals surface area contributed by atoms with E-state index in [9.17, 15) is 24.9 Å². The fraction of sp³-hybridized carbons (Fsp3) is 0.0625. The standard InChI is InChI=1S/C16H12O5.C16H12O4/c1-20-14-5-2-9(6-13(14)18)12-8-21-15-7-10(17)3-4-11(15)16(12)19;1-19-12-5-2-10(3-6-12)14-9-20-15-8-11(17)4-7-13(15)16(14)18/h2-8,17-18H,1H3;2-9,17H,1H3. The number of hydrogen-bond acceptors (Lipinski definition) is 9. The zero-order valence-corrected chi connectivity index (χ0v) is 22.0. The van der Waals surface area contributed by atoms with E-state index in [1.54, 1.807) is 49.6 Å². The second kappa shape index (κ2) is 11.2. The average Bonchev–Trinajstić information content (AvgIpc) is 2.98. The first-order chi connectivity index (χ1) is 19.8. The van der Waals surface area contributed by atoms with Crippen LogP contribution in [0, 0.1) is 0 Å². The van der Waals surface area contributed by atoms with Crippen LogP contribution in [0.4, 0.5) is 0 Å². The number of fused-ring (bicyclic) bond motifs is 2. The highest BCUT2D eigenvalue weighted by Crippen LogP contribution is 2.31. The summed E-state index contributed by atoms with van der Waals surface area (Å²) in [5.41, 5.74) is 2.40. The van der Waals surface area contributed by atoms with Crippen molar-refractivity contribution in [2.75, 3.05) is 14.2 Å². The van der Waals surface area contributed by atoms with Crippen LogP contribution in [0.2, 0.25) is 0 Å². The lowest BCUT2D eigenvalue weighted by atomic mass is 10.0. The summed E-state index contributed by atoms with van der Waals surface area (Å²) in [6.07, 6.45) is 2.72. The number of rotatable bonds is 4. The molecule has 6 rings (SSSR count). The van der Waals surface area contributed by atoms with E-state index in [-0.39, 0.29) is 28.1 Å². The van der Waals surface area contributed by atoms with Crippen LogP contribution in [0.25, 0.3) is 44.2 Å². The topological polar surface area (TPSA) is 140 Å². The van der Waals surface area contributed by atoms with Gasteiger partial charge in [-0.2, -0.15) is 0 Å². The van der Waals surface area contributed by atoms with E-state index < -0.39 is 0 Å². The van der Waals surface area contributed by atoms with Gasteiger partial charge in [0.2, 0.25) is 0 Å². The van der Waals surface area contributed by atoms with Crippen molar-refractivity contribution < 1.29 is 33.6 Å². The maximum atomic E-state index is 12.5. The van der Waals surface area contributed by atoms with E-state index >= 15 is 0 Å². The van der Waals surface area contributed by atoms with E-state index in [1.807, 2.05) is 0 Å². The zero-order chi connectivity index (χ0) is 29.1. The zero-order valence-electron chi connectivity index (χ0n) is 22.0. The summed E-state index contributed by atoms with van der Waals surface area (Å²) >= 11 is 0. The van der Waals surface area contributed by atoms with Crippen LogP contribution in [-0.4, -0.2) is 29.5 Å². The van der Waals surface area contributed by atoms with Gasteiger partial charge in [0, 0.05) is 12.1 Å². The summed E-state index contributed by atoms with van der Waals surface area (Å²) in [5, 5.41) is 29.4. The summed E-state index contributed by atoms with van der Waals surface area (Å²) < 4.78 is 20.9. The van der Waals surface area contributed by atoms with Crippen molar-refractivity contribution in [2.45, 2.75) is 0 Å². The molecule has 9 heteroatoms. The van der Waals surface area contributed by atoms with Gasteiger partial charge in [0.25, 0.3) is 0 Å². The highest BCUT2D eigenvalue weighted by Gasteiger charge is 2.12. The van der Waals surface area contributed by atoms with Crippen LogP contribution in [0.5, 0.6) is 28.7 Å². The molecule has 0 unspecified atom stereocenters. The molecule has 0 aliphatic rings.